The molecule has 0 aliphatic heterocycles. The van der Waals surface area contributed by atoms with E-state index in [2.05, 4.69) is 6.58 Å². The lowest BCUT2D eigenvalue weighted by Gasteiger charge is -2.12. The van der Waals surface area contributed by atoms with Gasteiger partial charge in [-0.3, -0.25) is 0 Å². The molecule has 106 valence electrons. The summed E-state index contributed by atoms with van der Waals surface area (Å²) in [6.07, 6.45) is -0.163. The van der Waals surface area contributed by atoms with Crippen molar-refractivity contribution in [3.8, 4) is 5.75 Å². The highest BCUT2D eigenvalue weighted by atomic mass is 16.6. The van der Waals surface area contributed by atoms with Gasteiger partial charge in [0.25, 0.3) is 0 Å². The average Bonchev–Trinajstić information content (AvgIpc) is 2.41. The molecule has 6 nitrogen and oxygen atoms in total. The summed E-state index contributed by atoms with van der Waals surface area (Å²) >= 11 is 0. The van der Waals surface area contributed by atoms with E-state index in [1.165, 1.54) is 0 Å². The second-order valence-corrected chi connectivity index (χ2v) is 3.23. The number of hydrogen-bond donors (Lipinski definition) is 3. The van der Waals surface area contributed by atoms with Crippen molar-refractivity contribution in [3.63, 3.8) is 0 Å². The van der Waals surface area contributed by atoms with Gasteiger partial charge in [0.05, 0.1) is 13.2 Å². The highest BCUT2D eigenvalue weighted by Crippen LogP contribution is 2.09. The molecule has 0 spiro atoms. The number of hydrogen-bond acceptors (Lipinski definition) is 5. The second kappa shape index (κ2) is 11.2. The summed E-state index contributed by atoms with van der Waals surface area (Å²) < 4.78 is 10.0. The number of rotatable bonds is 7. The van der Waals surface area contributed by atoms with E-state index in [-0.39, 0.29) is 19.8 Å². The largest absolute Gasteiger partial charge is 0.478 e. The van der Waals surface area contributed by atoms with Gasteiger partial charge in [-0.2, -0.15) is 0 Å². The molecule has 1 aromatic carbocycles. The first-order chi connectivity index (χ1) is 9.10. The molecule has 0 aromatic heterocycles. The van der Waals surface area contributed by atoms with Crippen LogP contribution in [0.4, 0.5) is 0 Å². The van der Waals surface area contributed by atoms with Gasteiger partial charge < -0.3 is 24.8 Å². The number of benzene rings is 1. The highest BCUT2D eigenvalue weighted by Gasteiger charge is 2.04. The first kappa shape index (κ1) is 17.1. The molecule has 1 rings (SSSR count). The number of aliphatic hydroxyl groups is 2. The summed E-state index contributed by atoms with van der Waals surface area (Å²) in [5, 5.41) is 25.3. The predicted octanol–water partition coefficient (Wildman–Crippen LogP) is 0.650. The van der Waals surface area contributed by atoms with Gasteiger partial charge in [0.2, 0.25) is 6.29 Å². The fourth-order valence-corrected chi connectivity index (χ4v) is 0.939. The zero-order chi connectivity index (χ0) is 14.5. The monoisotopic (exact) mass is 270 g/mol. The maximum absolute atomic E-state index is 9.30. The lowest BCUT2D eigenvalue weighted by Crippen LogP contribution is -2.23. The Balaban J connectivity index is 0.000000555. The molecule has 0 aliphatic rings. The van der Waals surface area contributed by atoms with E-state index in [0.717, 1.165) is 6.08 Å². The second-order valence-electron chi connectivity index (χ2n) is 3.23. The van der Waals surface area contributed by atoms with Crippen molar-refractivity contribution in [2.45, 2.75) is 6.29 Å². The average molecular weight is 270 g/mol. The maximum Gasteiger partial charge on any atom is 0.327 e. The zero-order valence-electron chi connectivity index (χ0n) is 10.4. The Bertz CT molecular complexity index is 351. The van der Waals surface area contributed by atoms with Crippen molar-refractivity contribution in [1.82, 2.24) is 0 Å². The number of carboxylic acid groups (broad SMARTS) is 1. The number of aliphatic hydroxyl groups excluding tert-OH is 2. The lowest BCUT2D eigenvalue weighted by atomic mass is 10.3. The third-order valence-corrected chi connectivity index (χ3v) is 1.69. The van der Waals surface area contributed by atoms with E-state index in [0.29, 0.717) is 5.75 Å². The Morgan fingerprint density at radius 3 is 2.42 bits per heavy atom. The molecular weight excluding hydrogens is 252 g/mol. The lowest BCUT2D eigenvalue weighted by molar-refractivity contribution is -0.131. The van der Waals surface area contributed by atoms with Crippen molar-refractivity contribution in [3.05, 3.63) is 43.0 Å². The van der Waals surface area contributed by atoms with Crippen molar-refractivity contribution >= 4 is 5.97 Å². The molecule has 6 heteroatoms. The van der Waals surface area contributed by atoms with Crippen molar-refractivity contribution in [1.29, 1.82) is 0 Å². The number of para-hydroxylation sites is 1. The first-order valence-electron chi connectivity index (χ1n) is 5.54. The Labute approximate surface area is 111 Å². The van der Waals surface area contributed by atoms with Gasteiger partial charge in [-0.25, -0.2) is 4.79 Å². The molecular formula is C13H18O6. The van der Waals surface area contributed by atoms with Gasteiger partial charge in [0, 0.05) is 6.08 Å². The van der Waals surface area contributed by atoms with E-state index in [9.17, 15) is 9.90 Å². The molecule has 0 radical (unpaired) electrons. The summed E-state index contributed by atoms with van der Waals surface area (Å²) in [6, 6.07) is 8.99. The minimum Gasteiger partial charge on any atom is -0.478 e. The quantitative estimate of drug-likeness (QED) is 0.382. The van der Waals surface area contributed by atoms with E-state index in [1.54, 1.807) is 12.1 Å². The standard InChI is InChI=1S/C10H14O4.C3H4O2/c11-6-7-13-8-10(12)14-9-4-2-1-3-5-9;1-2-3(4)5/h1-5,10-12H,6-8H2;2H,1H2,(H,4,5). The summed E-state index contributed by atoms with van der Waals surface area (Å²) in [5.74, 6) is -0.391. The van der Waals surface area contributed by atoms with Gasteiger partial charge in [0.1, 0.15) is 12.4 Å². The summed E-state index contributed by atoms with van der Waals surface area (Å²) in [7, 11) is 0. The zero-order valence-corrected chi connectivity index (χ0v) is 10.4. The molecule has 1 atom stereocenters. The smallest absolute Gasteiger partial charge is 0.327 e. The van der Waals surface area contributed by atoms with E-state index in [4.69, 9.17) is 19.7 Å². The maximum atomic E-state index is 9.30. The van der Waals surface area contributed by atoms with Crippen LogP contribution >= 0.6 is 0 Å². The fraction of sp³-hybridized carbons (Fsp3) is 0.308. The highest BCUT2D eigenvalue weighted by molar-refractivity contribution is 5.78. The molecule has 0 amide bonds. The molecule has 0 bridgehead atoms. The van der Waals surface area contributed by atoms with Crippen LogP contribution in [0.1, 0.15) is 0 Å². The van der Waals surface area contributed by atoms with Crippen LogP contribution in [0.2, 0.25) is 0 Å². The Morgan fingerprint density at radius 1 is 1.37 bits per heavy atom. The first-order valence-corrected chi connectivity index (χ1v) is 5.54. The van der Waals surface area contributed by atoms with E-state index < -0.39 is 12.3 Å². The third kappa shape index (κ3) is 11.0. The predicted molar refractivity (Wildman–Crippen MR) is 68.8 cm³/mol. The van der Waals surface area contributed by atoms with Crippen LogP contribution in [-0.4, -0.2) is 47.4 Å². The van der Waals surface area contributed by atoms with Crippen LogP contribution in [0.3, 0.4) is 0 Å². The van der Waals surface area contributed by atoms with Crippen LogP contribution in [-0.2, 0) is 9.53 Å². The van der Waals surface area contributed by atoms with Crippen molar-refractivity contribution in [2.75, 3.05) is 19.8 Å². The SMILES string of the molecule is C=CC(=O)O.OCCOCC(O)Oc1ccccc1. The molecule has 19 heavy (non-hydrogen) atoms. The number of ether oxygens (including phenoxy) is 2. The van der Waals surface area contributed by atoms with Crippen LogP contribution < -0.4 is 4.74 Å². The van der Waals surface area contributed by atoms with Crippen molar-refractivity contribution < 1.29 is 29.6 Å². The Morgan fingerprint density at radius 2 is 1.95 bits per heavy atom. The topological polar surface area (TPSA) is 96.2 Å². The van der Waals surface area contributed by atoms with Crippen molar-refractivity contribution in [2.24, 2.45) is 0 Å². The fourth-order valence-electron chi connectivity index (χ4n) is 0.939. The van der Waals surface area contributed by atoms with Gasteiger partial charge in [0.15, 0.2) is 0 Å². The van der Waals surface area contributed by atoms with Crippen LogP contribution in [0.5, 0.6) is 5.75 Å². The Kier molecular flexibility index (Phi) is 10.1. The molecule has 1 unspecified atom stereocenters. The molecule has 3 N–H and O–H groups in total. The molecule has 0 aliphatic carbocycles. The number of carbonyl (C=O) groups is 1. The normalized spacial score (nSPS) is 10.8. The van der Waals surface area contributed by atoms with Gasteiger partial charge in [-0.15, -0.1) is 0 Å². The molecule has 0 saturated heterocycles. The molecule has 1 aromatic rings. The minimum absolute atomic E-state index is 0.0510. The number of carboxylic acids is 1. The van der Waals surface area contributed by atoms with Gasteiger partial charge >= 0.3 is 5.97 Å². The molecule has 0 fully saturated rings. The molecule has 0 heterocycles. The minimum atomic E-state index is -0.996. The summed E-state index contributed by atoms with van der Waals surface area (Å²) in [5.41, 5.74) is 0. The van der Waals surface area contributed by atoms with Crippen LogP contribution in [0.25, 0.3) is 0 Å². The van der Waals surface area contributed by atoms with Crippen LogP contribution in [0, 0.1) is 0 Å². The van der Waals surface area contributed by atoms with Gasteiger partial charge in [-0.05, 0) is 12.1 Å². The van der Waals surface area contributed by atoms with Crippen LogP contribution in [0.15, 0.2) is 43.0 Å². The molecule has 0 saturated carbocycles. The summed E-state index contributed by atoms with van der Waals surface area (Å²) in [4.78, 5) is 9.25. The van der Waals surface area contributed by atoms with E-state index >= 15 is 0 Å². The Hall–Kier alpha value is -1.89. The van der Waals surface area contributed by atoms with Gasteiger partial charge in [-0.1, -0.05) is 24.8 Å². The van der Waals surface area contributed by atoms with E-state index in [1.807, 2.05) is 18.2 Å². The third-order valence-electron chi connectivity index (χ3n) is 1.69. The number of aliphatic carboxylic acids is 1. The summed E-state index contributed by atoms with van der Waals surface area (Å²) in [6.45, 7) is 3.16.